The molecule has 0 atom stereocenters. The number of carboxylic acid groups (broad SMARTS) is 1. The minimum Gasteiger partial charge on any atom is -0.507 e. The van der Waals surface area contributed by atoms with E-state index in [0.717, 1.165) is 0 Å². The molecule has 5 rings (SSSR count). The lowest BCUT2D eigenvalue weighted by Gasteiger charge is -2.07. The number of carboxylic acids is 1. The molecule has 50 heavy (non-hydrogen) atoms. The van der Waals surface area contributed by atoms with Gasteiger partial charge in [0.2, 0.25) is 10.6 Å². The molecular weight excluding hydrogens is 828 g/mol. The lowest BCUT2D eigenvalue weighted by molar-refractivity contribution is 0.0693. The quantitative estimate of drug-likeness (QED) is 0.0567. The molecule has 3 aromatic carbocycles. The summed E-state index contributed by atoms with van der Waals surface area (Å²) in [7, 11) is 0. The van der Waals surface area contributed by atoms with Crippen molar-refractivity contribution in [1.29, 1.82) is 0 Å². The van der Waals surface area contributed by atoms with E-state index >= 15 is 0 Å². The van der Waals surface area contributed by atoms with Crippen LogP contribution >= 0.6 is 92.8 Å². The van der Waals surface area contributed by atoms with Gasteiger partial charge < -0.3 is 31.5 Å². The van der Waals surface area contributed by atoms with Crippen molar-refractivity contribution in [2.75, 3.05) is 11.1 Å². The molecule has 1 amide bonds. The van der Waals surface area contributed by atoms with E-state index in [9.17, 15) is 19.5 Å². The van der Waals surface area contributed by atoms with Gasteiger partial charge in [0.15, 0.2) is 10.3 Å². The fraction of sp³-hybridized carbons (Fsp3) is 0. The maximum absolute atomic E-state index is 11.9. The number of carbonyl (C=O) groups is 3. The monoisotopic (exact) mass is 842 g/mol. The van der Waals surface area contributed by atoms with Crippen molar-refractivity contribution in [3.8, 4) is 17.2 Å². The number of nitrogens with two attached hydrogens (primary N) is 1. The number of phenols is 3. The highest BCUT2D eigenvalue weighted by Crippen LogP contribution is 2.26. The van der Waals surface area contributed by atoms with Gasteiger partial charge in [-0.2, -0.15) is 0 Å². The number of hydrogen-bond donors (Lipinski definition) is 6. The number of rotatable bonds is 4. The lowest BCUT2D eigenvalue weighted by Crippen LogP contribution is -2.13. The van der Waals surface area contributed by atoms with Crippen LogP contribution in [0.3, 0.4) is 0 Å². The van der Waals surface area contributed by atoms with Crippen LogP contribution < -0.4 is 11.1 Å². The topological polar surface area (TPSA) is 222 Å². The number of nitrogens with zero attached hydrogens (tertiary/aromatic N) is 4. The SMILES string of the molecule is Nc1cnc(Cl)nc1Cl.O=C(Cl)c1cc(Cl)ccc1O.O=C(Nc1cnc(Cl)nc1Cl)c1cc(Cl)ccc1O.O=C(O)c1cc(Cl)ccc1O. The van der Waals surface area contributed by atoms with E-state index in [1.54, 1.807) is 0 Å². The molecule has 5 aromatic rings. The maximum Gasteiger partial charge on any atom is 0.339 e. The van der Waals surface area contributed by atoms with Crippen molar-refractivity contribution >= 4 is 121 Å². The van der Waals surface area contributed by atoms with Gasteiger partial charge in [0, 0.05) is 15.1 Å². The highest BCUT2D eigenvalue weighted by Gasteiger charge is 2.15. The predicted octanol–water partition coefficient (Wildman–Crippen LogP) is 8.93. The van der Waals surface area contributed by atoms with Crippen LogP contribution in [0.5, 0.6) is 17.2 Å². The van der Waals surface area contributed by atoms with Crippen molar-refractivity contribution in [2.24, 2.45) is 0 Å². The number of aromatic hydroxyl groups is 3. The lowest BCUT2D eigenvalue weighted by atomic mass is 10.2. The highest BCUT2D eigenvalue weighted by molar-refractivity contribution is 6.68. The molecule has 0 spiro atoms. The first-order chi connectivity index (χ1) is 23.4. The van der Waals surface area contributed by atoms with E-state index in [4.69, 9.17) is 114 Å². The van der Waals surface area contributed by atoms with E-state index in [1.807, 2.05) is 0 Å². The fourth-order valence-electron chi connectivity index (χ4n) is 3.00. The summed E-state index contributed by atoms with van der Waals surface area (Å²) in [5.41, 5.74) is 5.64. The standard InChI is InChI=1S/C11H6Cl3N3O2.C7H4Cl2O2.C7H5ClO3.C4H3Cl2N3/c12-5-1-2-8(18)6(3-5)10(19)16-7-4-15-11(14)17-9(7)13;8-4-1-2-6(10)5(3-4)7(9)11;8-4-1-2-6(9)5(3-4)7(10)11;5-3-2(7)1-8-4(6)9-3/h1-4,18H,(H,16,19);1-3,10H;1-3,9H,(H,10,11);1H,7H2. The molecular formula is C29H18Cl8N6O7. The minimum absolute atomic E-state index is 0.00475. The van der Waals surface area contributed by atoms with Crippen LogP contribution in [0.4, 0.5) is 11.4 Å². The Bertz CT molecular complexity index is 1960. The summed E-state index contributed by atoms with van der Waals surface area (Å²) in [6, 6.07) is 12.1. The summed E-state index contributed by atoms with van der Waals surface area (Å²) in [5, 5.41) is 39.0. The molecule has 0 bridgehead atoms. The Kier molecular flexibility index (Phi) is 16.8. The van der Waals surface area contributed by atoms with E-state index in [1.165, 1.54) is 67.0 Å². The number of aromatic nitrogens is 4. The largest absolute Gasteiger partial charge is 0.507 e. The van der Waals surface area contributed by atoms with Gasteiger partial charge in [-0.1, -0.05) is 58.0 Å². The number of carbonyl (C=O) groups excluding carboxylic acids is 2. The van der Waals surface area contributed by atoms with Gasteiger partial charge in [0.05, 0.1) is 34.9 Å². The molecule has 0 fully saturated rings. The maximum atomic E-state index is 11.9. The zero-order chi connectivity index (χ0) is 37.7. The number of benzene rings is 3. The van der Waals surface area contributed by atoms with Crippen LogP contribution in [0.2, 0.25) is 35.9 Å². The first-order valence-corrected chi connectivity index (χ1v) is 15.7. The molecule has 0 aliphatic heterocycles. The van der Waals surface area contributed by atoms with Crippen LogP contribution in [0.1, 0.15) is 31.1 Å². The third-order valence-corrected chi connectivity index (χ3v) is 7.13. The number of nitrogen functional groups attached to an aromatic ring is 1. The Balaban J connectivity index is 0.000000243. The normalized spacial score (nSPS) is 9.84. The van der Waals surface area contributed by atoms with Gasteiger partial charge in [-0.05, 0) is 89.4 Å². The second-order valence-electron chi connectivity index (χ2n) is 8.75. The van der Waals surface area contributed by atoms with E-state index in [2.05, 4.69) is 25.3 Å². The van der Waals surface area contributed by atoms with E-state index in [-0.39, 0.29) is 60.5 Å². The van der Waals surface area contributed by atoms with E-state index < -0.39 is 17.1 Å². The highest BCUT2D eigenvalue weighted by atomic mass is 35.5. The molecule has 21 heteroatoms. The van der Waals surface area contributed by atoms with Gasteiger partial charge in [-0.25, -0.2) is 24.7 Å². The van der Waals surface area contributed by atoms with Gasteiger partial charge in [0.1, 0.15) is 22.8 Å². The van der Waals surface area contributed by atoms with E-state index in [0.29, 0.717) is 20.8 Å². The molecule has 0 unspecified atom stereocenters. The van der Waals surface area contributed by atoms with Crippen LogP contribution in [-0.2, 0) is 0 Å². The third kappa shape index (κ3) is 13.7. The zero-order valence-corrected chi connectivity index (χ0v) is 30.3. The van der Waals surface area contributed by atoms with Gasteiger partial charge in [-0.3, -0.25) is 9.59 Å². The number of amides is 1. The number of hydrogen-bond acceptors (Lipinski definition) is 11. The summed E-state index contributed by atoms with van der Waals surface area (Å²) in [4.78, 5) is 47.4. The Morgan fingerprint density at radius 3 is 1.44 bits per heavy atom. The molecule has 13 nitrogen and oxygen atoms in total. The average molecular weight is 846 g/mol. The average Bonchev–Trinajstić information content (AvgIpc) is 3.04. The summed E-state index contributed by atoms with van der Waals surface area (Å²) in [6.45, 7) is 0. The molecule has 0 aliphatic rings. The Morgan fingerprint density at radius 2 is 1.04 bits per heavy atom. The Hall–Kier alpha value is -4.05. The van der Waals surface area contributed by atoms with Crippen LogP contribution in [-0.4, -0.2) is 57.5 Å². The van der Waals surface area contributed by atoms with Crippen molar-refractivity contribution < 1.29 is 34.8 Å². The summed E-state index contributed by atoms with van der Waals surface area (Å²) in [6.07, 6.45) is 2.62. The zero-order valence-electron chi connectivity index (χ0n) is 24.3. The fourth-order valence-corrected chi connectivity index (χ4v) is 4.33. The molecule has 262 valence electrons. The van der Waals surface area contributed by atoms with Gasteiger partial charge in [-0.15, -0.1) is 0 Å². The molecule has 0 aliphatic carbocycles. The molecule has 0 radical (unpaired) electrons. The number of aromatic carboxylic acids is 1. The summed E-state index contributed by atoms with van der Waals surface area (Å²) >= 11 is 44.0. The second-order valence-corrected chi connectivity index (χ2v) is 11.8. The minimum atomic E-state index is -1.19. The van der Waals surface area contributed by atoms with Crippen molar-refractivity contribution in [2.45, 2.75) is 0 Å². The third-order valence-electron chi connectivity index (χ3n) is 5.26. The van der Waals surface area contributed by atoms with Crippen molar-refractivity contribution in [1.82, 2.24) is 19.9 Å². The first-order valence-electron chi connectivity index (χ1n) is 12.7. The molecule has 7 N–H and O–H groups in total. The second kappa shape index (κ2) is 20.0. The van der Waals surface area contributed by atoms with Crippen LogP contribution in [0, 0.1) is 0 Å². The number of phenolic OH excluding ortho intramolecular Hbond substituents is 2. The Labute approximate surface area is 322 Å². The number of anilines is 2. The molecule has 0 saturated heterocycles. The molecule has 2 heterocycles. The number of nitrogens with one attached hydrogen (secondary N) is 1. The predicted molar refractivity (Wildman–Crippen MR) is 193 cm³/mol. The molecule has 0 saturated carbocycles. The summed E-state index contributed by atoms with van der Waals surface area (Å²) < 4.78 is 0. The number of halogens is 8. The van der Waals surface area contributed by atoms with Gasteiger partial charge in [0.25, 0.3) is 11.1 Å². The smallest absolute Gasteiger partial charge is 0.339 e. The van der Waals surface area contributed by atoms with Crippen molar-refractivity contribution in [3.63, 3.8) is 0 Å². The van der Waals surface area contributed by atoms with Gasteiger partial charge >= 0.3 is 5.97 Å². The van der Waals surface area contributed by atoms with Crippen molar-refractivity contribution in [3.05, 3.63) is 120 Å². The summed E-state index contributed by atoms with van der Waals surface area (Å²) in [5.74, 6) is -2.41. The Morgan fingerprint density at radius 1 is 0.620 bits per heavy atom. The van der Waals surface area contributed by atoms with Crippen LogP contribution in [0.15, 0.2) is 67.0 Å². The molecule has 2 aromatic heterocycles. The first kappa shape index (κ1) is 42.1. The van der Waals surface area contributed by atoms with Crippen LogP contribution in [0.25, 0.3) is 0 Å².